The summed E-state index contributed by atoms with van der Waals surface area (Å²) in [6.45, 7) is 26.7. The Morgan fingerprint density at radius 3 is 1.78 bits per heavy atom. The summed E-state index contributed by atoms with van der Waals surface area (Å²) < 4.78 is 12.1. The predicted molar refractivity (Wildman–Crippen MR) is 340 cm³/mol. The Balaban J connectivity index is 0.000000357. The van der Waals surface area contributed by atoms with E-state index in [1.807, 2.05) is 60.9 Å². The number of carbonyl (C=O) groups is 5. The van der Waals surface area contributed by atoms with E-state index < -0.39 is 35.5 Å². The monoisotopic (exact) mass is 1230 g/mol. The van der Waals surface area contributed by atoms with E-state index in [9.17, 15) is 29.1 Å². The number of carboxylic acid groups (broad SMARTS) is 4. The van der Waals surface area contributed by atoms with Gasteiger partial charge in [0.25, 0.3) is 6.01 Å². The van der Waals surface area contributed by atoms with Gasteiger partial charge in [-0.2, -0.15) is 4.98 Å². The van der Waals surface area contributed by atoms with Crippen molar-refractivity contribution in [2.75, 3.05) is 32.1 Å². The van der Waals surface area contributed by atoms with Crippen LogP contribution in [-0.4, -0.2) is 142 Å². The van der Waals surface area contributed by atoms with Crippen LogP contribution in [0.1, 0.15) is 186 Å². The first-order chi connectivity index (χ1) is 40.8. The lowest BCUT2D eigenvalue weighted by Crippen LogP contribution is -2.45. The van der Waals surface area contributed by atoms with Crippen molar-refractivity contribution < 1.29 is 54.2 Å². The number of aryl methyl sites for hydroxylation is 8. The number of aromatic nitrogens is 10. The number of carboxylic acids is 4. The van der Waals surface area contributed by atoms with Gasteiger partial charge in [-0.05, 0) is 109 Å². The molecule has 7 rings (SSSR count). The third-order valence-corrected chi connectivity index (χ3v) is 14.1. The molecule has 0 fully saturated rings. The third-order valence-electron chi connectivity index (χ3n) is 13.8. The number of ether oxygens (including phenoxy) is 1. The average molecular weight is 1230 g/mol. The van der Waals surface area contributed by atoms with Crippen LogP contribution in [0.2, 0.25) is 5.15 Å². The minimum Gasteiger partial charge on any atom is -0.480 e. The molecule has 23 nitrogen and oxygen atoms in total. The number of imidazole rings is 4. The molecule has 0 saturated carbocycles. The fraction of sp³-hybridized carbons (Fsp3) is 0.540. The van der Waals surface area contributed by atoms with E-state index in [4.69, 9.17) is 36.8 Å². The van der Waals surface area contributed by atoms with Gasteiger partial charge in [0.05, 0.1) is 23.2 Å². The van der Waals surface area contributed by atoms with Gasteiger partial charge in [0, 0.05) is 86.4 Å². The smallest absolute Gasteiger partial charge is 0.355 e. The third kappa shape index (κ3) is 21.2. The van der Waals surface area contributed by atoms with Crippen molar-refractivity contribution in [3.05, 3.63) is 105 Å². The van der Waals surface area contributed by atoms with Crippen molar-refractivity contribution in [2.45, 2.75) is 166 Å². The molecule has 6 heterocycles. The summed E-state index contributed by atoms with van der Waals surface area (Å²) in [5.74, 6) is -0.529. The number of para-hydroxylation sites is 1. The Kier molecular flexibility index (Phi) is 30.8. The van der Waals surface area contributed by atoms with E-state index in [1.165, 1.54) is 29.9 Å². The maximum atomic E-state index is 11.6. The molecule has 1 unspecified atom stereocenters. The number of unbranched alkanes of at least 4 members (excludes halogenated alkanes) is 2. The molecule has 1 amide bonds. The van der Waals surface area contributed by atoms with Crippen LogP contribution in [0.3, 0.4) is 0 Å². The highest BCUT2D eigenvalue weighted by atomic mass is 35.5. The quantitative estimate of drug-likeness (QED) is 0.0447. The second-order valence-electron chi connectivity index (χ2n) is 21.8. The second kappa shape index (κ2) is 35.6. The van der Waals surface area contributed by atoms with Gasteiger partial charge in [0.2, 0.25) is 5.91 Å². The lowest BCUT2D eigenvalue weighted by atomic mass is 10.0. The molecule has 0 bridgehead atoms. The molecular weight excluding hydrogens is 1140 g/mol. The van der Waals surface area contributed by atoms with Crippen LogP contribution in [0.15, 0.2) is 42.6 Å². The summed E-state index contributed by atoms with van der Waals surface area (Å²) in [5.41, 5.74) is 6.12. The van der Waals surface area contributed by atoms with Crippen molar-refractivity contribution in [1.82, 2.24) is 53.1 Å². The van der Waals surface area contributed by atoms with E-state index in [-0.39, 0.29) is 39.6 Å². The van der Waals surface area contributed by atoms with Crippen LogP contribution in [0.5, 0.6) is 6.01 Å². The number of fused-ring (bicyclic) bond motifs is 2. The number of hydrogen-bond donors (Lipinski definition) is 5. The Morgan fingerprint density at radius 2 is 1.30 bits per heavy atom. The first-order valence-corrected chi connectivity index (χ1v) is 29.9. The number of nitrogens with zero attached hydrogens (tertiary/aromatic N) is 12. The minimum absolute atomic E-state index is 0.0657. The summed E-state index contributed by atoms with van der Waals surface area (Å²) in [5, 5.41) is 46.0. The average Bonchev–Trinajstić information content (AvgIpc) is 2.10. The summed E-state index contributed by atoms with van der Waals surface area (Å²) in [7, 11) is 10.8. The molecule has 5 N–H and O–H groups in total. The van der Waals surface area contributed by atoms with E-state index in [0.29, 0.717) is 42.3 Å². The lowest BCUT2D eigenvalue weighted by Gasteiger charge is -2.27. The van der Waals surface area contributed by atoms with Crippen molar-refractivity contribution in [1.29, 1.82) is 0 Å². The van der Waals surface area contributed by atoms with Gasteiger partial charge in [-0.1, -0.05) is 85.0 Å². The lowest BCUT2D eigenvalue weighted by molar-refractivity contribution is -0.151. The molecule has 6 aromatic heterocycles. The van der Waals surface area contributed by atoms with Crippen molar-refractivity contribution in [3.63, 3.8) is 0 Å². The number of pyridine rings is 2. The van der Waals surface area contributed by atoms with Gasteiger partial charge >= 0.3 is 23.9 Å². The van der Waals surface area contributed by atoms with Gasteiger partial charge in [0.15, 0.2) is 22.2 Å². The number of likely N-dealkylation sites (N-methyl/N-ethyl adjacent to an activating group) is 1. The molecule has 0 aliphatic heterocycles. The number of carbonyl (C=O) groups excluding carboxylic acids is 1. The number of amides is 1. The summed E-state index contributed by atoms with van der Waals surface area (Å²) >= 11 is 5.71. The van der Waals surface area contributed by atoms with E-state index in [0.717, 1.165) is 92.2 Å². The maximum Gasteiger partial charge on any atom is 0.355 e. The predicted octanol–water partition coefficient (Wildman–Crippen LogP) is 11.2. The van der Waals surface area contributed by atoms with Crippen LogP contribution in [0.4, 0.5) is 5.82 Å². The molecule has 0 aliphatic carbocycles. The zero-order chi connectivity index (χ0) is 66.2. The normalized spacial score (nSPS) is 11.1. The van der Waals surface area contributed by atoms with Gasteiger partial charge in [-0.3, -0.25) is 9.36 Å². The van der Waals surface area contributed by atoms with Crippen LogP contribution >= 0.6 is 11.6 Å². The van der Waals surface area contributed by atoms with Crippen molar-refractivity contribution in [3.8, 4) is 6.01 Å². The number of aromatic carboxylic acids is 3. The van der Waals surface area contributed by atoms with Crippen LogP contribution in [0.25, 0.3) is 22.2 Å². The van der Waals surface area contributed by atoms with Crippen LogP contribution in [-0.2, 0) is 62.6 Å². The number of aliphatic hydroxyl groups is 1. The first-order valence-electron chi connectivity index (χ1n) is 29.5. The molecule has 24 heteroatoms. The number of benzene rings is 1. The molecule has 1 aromatic carbocycles. The van der Waals surface area contributed by atoms with Crippen molar-refractivity contribution >= 4 is 69.4 Å². The molecule has 0 saturated heterocycles. The standard InChI is InChI=1S/C11H15N3.C11H12N2O3.C11H18N2O3.C11H21NO3.C10H16N2.C9H13ClN2O2/c1-5-9-13-10-7(2)6-8(3)12-11(10)14(9)4;1-3-16-11-12-8-6-4-5-7(10(14)15)9(8)13(11)2;1-5-6-7-12-9(11(2,3)16)8(10(14)15)13(7)4;1-5-6-7-9(13)12(4)10(8(2)3)11(14)15;1-4-8-12(3)10-9(2)6-5-7-11-10;1-3-4-5-6-11-8(10)7(9(13)14)12(6)2/h6H,5H2,1-4H3;4-6H,3H2,1-2H3,(H,14,15);16H,5-6H2,1-4H3,(H,14,15);8,10H,5-7H2,1-4H3,(H,14,15);5-7H,4,8H2,1-3H3;3-5H2,1-2H3,(H,13,14). The molecule has 0 aliphatic rings. The number of halogens is 1. The zero-order valence-electron chi connectivity index (χ0n) is 54.6. The minimum atomic E-state index is -1.24. The van der Waals surface area contributed by atoms with E-state index in [2.05, 4.69) is 93.2 Å². The van der Waals surface area contributed by atoms with Gasteiger partial charge in [0.1, 0.15) is 46.1 Å². The summed E-state index contributed by atoms with van der Waals surface area (Å²) in [4.78, 5) is 85.0. The SMILES string of the molecule is CCCCC(=O)N(C)C(C(=O)O)C(C)C.CCCCc1nc(Cl)c(C(=O)O)n1C.CCCN(C)c1ncccc1C.CCCc1nc(C(C)(C)O)c(C(=O)O)n1C.CCOc1nc2cccc(C(=O)O)c2n1C.CCc1nc2c(C)cc(C)nc2n1C. The van der Waals surface area contributed by atoms with E-state index in [1.54, 1.807) is 60.1 Å². The highest BCUT2D eigenvalue weighted by Gasteiger charge is 2.31. The highest BCUT2D eigenvalue weighted by molar-refractivity contribution is 6.32. The Morgan fingerprint density at radius 1 is 0.690 bits per heavy atom. The maximum absolute atomic E-state index is 11.6. The topological polar surface area (TPSA) is 299 Å². The van der Waals surface area contributed by atoms with Gasteiger partial charge < -0.3 is 53.8 Å². The number of rotatable bonds is 21. The molecule has 1 atom stereocenters. The highest BCUT2D eigenvalue weighted by Crippen LogP contribution is 2.26. The fourth-order valence-electron chi connectivity index (χ4n) is 9.34. The molecule has 0 spiro atoms. The van der Waals surface area contributed by atoms with E-state index >= 15 is 0 Å². The Bertz CT molecular complexity index is 3370. The second-order valence-corrected chi connectivity index (χ2v) is 22.2. The number of anilines is 1. The van der Waals surface area contributed by atoms with Gasteiger partial charge in [-0.15, -0.1) is 0 Å². The Hall–Kier alpha value is -7.92. The number of aliphatic carboxylic acids is 1. The Labute approximate surface area is 517 Å². The molecular formula is C63H95ClN12O11. The summed E-state index contributed by atoms with van der Waals surface area (Å²) in [6, 6.07) is 10.9. The molecule has 87 heavy (non-hydrogen) atoms. The first kappa shape index (κ1) is 75.2. The zero-order valence-corrected chi connectivity index (χ0v) is 55.4. The molecule has 0 radical (unpaired) electrons. The summed E-state index contributed by atoms with van der Waals surface area (Å²) in [6.07, 6.45) is 10.5. The fourth-order valence-corrected chi connectivity index (χ4v) is 9.65. The van der Waals surface area contributed by atoms with Crippen LogP contribution in [0, 0.1) is 26.7 Å². The molecule has 7 aromatic rings. The van der Waals surface area contributed by atoms with Crippen molar-refractivity contribution in [2.24, 2.45) is 34.1 Å². The van der Waals surface area contributed by atoms with Crippen LogP contribution < -0.4 is 9.64 Å². The number of hydrogen-bond acceptors (Lipinski definition) is 14. The van der Waals surface area contributed by atoms with Gasteiger partial charge in [-0.25, -0.2) is 44.1 Å². The largest absolute Gasteiger partial charge is 0.480 e. The molecule has 480 valence electrons.